The number of benzene rings is 3. The van der Waals surface area contributed by atoms with Crippen LogP contribution in [0.1, 0.15) is 17.2 Å². The van der Waals surface area contributed by atoms with Crippen LogP contribution in [0.5, 0.6) is 0 Å². The molecule has 3 aromatic rings. The summed E-state index contributed by atoms with van der Waals surface area (Å²) >= 11 is 5.98. The lowest BCUT2D eigenvalue weighted by atomic mass is 9.96. The molecule has 7 heteroatoms. The fraction of sp³-hybridized carbons (Fsp3) is 0.217. The van der Waals surface area contributed by atoms with Gasteiger partial charge in [0.15, 0.2) is 0 Å². The Balaban J connectivity index is 1.56. The normalized spacial score (nSPS) is 17.0. The summed E-state index contributed by atoms with van der Waals surface area (Å²) < 4.78 is 41.0. The minimum Gasteiger partial charge on any atom is -0.290 e. The average Bonchev–Trinajstić information content (AvgIpc) is 2.76. The van der Waals surface area contributed by atoms with Crippen LogP contribution < -0.4 is 0 Å². The van der Waals surface area contributed by atoms with E-state index in [0.29, 0.717) is 31.2 Å². The molecule has 0 bridgehead atoms. The first-order chi connectivity index (χ1) is 14.4. The molecule has 4 rings (SSSR count). The number of halogens is 2. The zero-order chi connectivity index (χ0) is 21.1. The molecule has 0 spiro atoms. The van der Waals surface area contributed by atoms with Crippen molar-refractivity contribution in [3.63, 3.8) is 0 Å². The Bertz CT molecular complexity index is 1100. The molecule has 1 aliphatic heterocycles. The van der Waals surface area contributed by atoms with Crippen LogP contribution in [0.2, 0.25) is 5.02 Å². The van der Waals surface area contributed by atoms with Crippen LogP contribution in [0, 0.1) is 5.82 Å². The number of piperazine rings is 1. The summed E-state index contributed by atoms with van der Waals surface area (Å²) in [5.41, 5.74) is 2.07. The molecule has 1 aliphatic rings. The van der Waals surface area contributed by atoms with Gasteiger partial charge in [-0.3, -0.25) is 4.90 Å². The average molecular weight is 445 g/mol. The van der Waals surface area contributed by atoms with Gasteiger partial charge < -0.3 is 0 Å². The summed E-state index contributed by atoms with van der Waals surface area (Å²) in [6.07, 6.45) is 0. The van der Waals surface area contributed by atoms with Crippen molar-refractivity contribution >= 4 is 21.6 Å². The van der Waals surface area contributed by atoms with E-state index in [1.165, 1.54) is 22.5 Å². The van der Waals surface area contributed by atoms with Crippen LogP contribution >= 0.6 is 11.6 Å². The third-order valence-corrected chi connectivity index (χ3v) is 7.50. The highest BCUT2D eigenvalue weighted by Gasteiger charge is 2.32. The largest absolute Gasteiger partial charge is 0.290 e. The van der Waals surface area contributed by atoms with E-state index in [4.69, 9.17) is 11.6 Å². The van der Waals surface area contributed by atoms with Gasteiger partial charge in [0.2, 0.25) is 10.0 Å². The molecule has 1 atom stereocenters. The van der Waals surface area contributed by atoms with Gasteiger partial charge in [0.25, 0.3) is 0 Å². The minimum absolute atomic E-state index is 0.0668. The molecule has 0 saturated carbocycles. The van der Waals surface area contributed by atoms with Crippen LogP contribution in [0.4, 0.5) is 4.39 Å². The fourth-order valence-corrected chi connectivity index (χ4v) is 5.60. The summed E-state index contributed by atoms with van der Waals surface area (Å²) in [4.78, 5) is 2.45. The molecule has 0 amide bonds. The van der Waals surface area contributed by atoms with Crippen molar-refractivity contribution in [3.05, 3.63) is 101 Å². The van der Waals surface area contributed by atoms with Gasteiger partial charge in [-0.1, -0.05) is 60.1 Å². The molecule has 156 valence electrons. The van der Waals surface area contributed by atoms with E-state index in [9.17, 15) is 12.8 Å². The highest BCUT2D eigenvalue weighted by Crippen LogP contribution is 2.31. The molecule has 1 fully saturated rings. The second-order valence-electron chi connectivity index (χ2n) is 7.26. The van der Waals surface area contributed by atoms with Gasteiger partial charge in [-0.15, -0.1) is 0 Å². The Kier molecular flexibility index (Phi) is 6.20. The third-order valence-electron chi connectivity index (χ3n) is 5.37. The molecule has 0 aromatic heterocycles. The van der Waals surface area contributed by atoms with E-state index >= 15 is 0 Å². The lowest BCUT2D eigenvalue weighted by molar-refractivity contribution is 0.155. The Labute approximate surface area is 181 Å². The monoisotopic (exact) mass is 444 g/mol. The summed E-state index contributed by atoms with van der Waals surface area (Å²) in [6.45, 7) is 1.88. The molecule has 4 nitrogen and oxygen atoms in total. The lowest BCUT2D eigenvalue weighted by Crippen LogP contribution is -2.49. The third kappa shape index (κ3) is 4.42. The maximum atomic E-state index is 13.5. The molecule has 1 heterocycles. The van der Waals surface area contributed by atoms with Crippen LogP contribution in [-0.4, -0.2) is 43.8 Å². The van der Waals surface area contributed by atoms with Crippen molar-refractivity contribution < 1.29 is 12.8 Å². The molecule has 1 saturated heterocycles. The summed E-state index contributed by atoms with van der Waals surface area (Å²) in [6, 6.07) is 22.8. The maximum Gasteiger partial charge on any atom is 0.243 e. The van der Waals surface area contributed by atoms with Crippen molar-refractivity contribution in [1.29, 1.82) is 0 Å². The molecule has 30 heavy (non-hydrogen) atoms. The number of nitrogens with zero attached hydrogens (tertiary/aromatic N) is 2. The first-order valence-electron chi connectivity index (χ1n) is 9.75. The highest BCUT2D eigenvalue weighted by molar-refractivity contribution is 7.89. The zero-order valence-corrected chi connectivity index (χ0v) is 17.9. The van der Waals surface area contributed by atoms with Crippen molar-refractivity contribution in [1.82, 2.24) is 9.21 Å². The van der Waals surface area contributed by atoms with E-state index in [0.717, 1.165) is 11.1 Å². The number of rotatable bonds is 5. The quantitative estimate of drug-likeness (QED) is 0.578. The minimum atomic E-state index is -3.60. The second-order valence-corrected chi connectivity index (χ2v) is 9.64. The Hall–Kier alpha value is -2.25. The van der Waals surface area contributed by atoms with Crippen molar-refractivity contribution in [2.75, 3.05) is 26.2 Å². The SMILES string of the molecule is O=S(=O)(c1cccc(Cl)c1)N1CCN([C@H](c2ccccc2)c2ccc(F)cc2)CC1. The highest BCUT2D eigenvalue weighted by atomic mass is 35.5. The molecular weight excluding hydrogens is 423 g/mol. The molecular formula is C23H22ClFN2O2S. The Morgan fingerprint density at radius 3 is 2.07 bits per heavy atom. The first-order valence-corrected chi connectivity index (χ1v) is 11.6. The van der Waals surface area contributed by atoms with Crippen LogP contribution in [0.15, 0.2) is 83.8 Å². The van der Waals surface area contributed by atoms with Crippen molar-refractivity contribution in [2.45, 2.75) is 10.9 Å². The number of hydrogen-bond acceptors (Lipinski definition) is 3. The van der Waals surface area contributed by atoms with Crippen LogP contribution in [-0.2, 0) is 10.0 Å². The molecule has 0 aliphatic carbocycles. The van der Waals surface area contributed by atoms with Gasteiger partial charge in [-0.2, -0.15) is 4.31 Å². The van der Waals surface area contributed by atoms with Crippen molar-refractivity contribution in [3.8, 4) is 0 Å². The van der Waals surface area contributed by atoms with E-state index in [1.807, 2.05) is 30.3 Å². The van der Waals surface area contributed by atoms with E-state index in [-0.39, 0.29) is 16.8 Å². The summed E-state index contributed by atoms with van der Waals surface area (Å²) in [7, 11) is -3.60. The second kappa shape index (κ2) is 8.86. The van der Waals surface area contributed by atoms with Crippen molar-refractivity contribution in [2.24, 2.45) is 0 Å². The van der Waals surface area contributed by atoms with Crippen LogP contribution in [0.3, 0.4) is 0 Å². The summed E-state index contributed by atoms with van der Waals surface area (Å²) in [5, 5.41) is 0.398. The number of hydrogen-bond donors (Lipinski definition) is 0. The van der Waals surface area contributed by atoms with E-state index < -0.39 is 10.0 Å². The van der Waals surface area contributed by atoms with Gasteiger partial charge in [-0.25, -0.2) is 12.8 Å². The zero-order valence-electron chi connectivity index (χ0n) is 16.3. The van der Waals surface area contributed by atoms with Gasteiger partial charge in [0.1, 0.15) is 5.82 Å². The van der Waals surface area contributed by atoms with E-state index in [2.05, 4.69) is 4.90 Å². The number of sulfonamides is 1. The topological polar surface area (TPSA) is 40.6 Å². The Morgan fingerprint density at radius 1 is 0.800 bits per heavy atom. The van der Waals surface area contributed by atoms with Gasteiger partial charge in [0, 0.05) is 31.2 Å². The molecule has 0 radical (unpaired) electrons. The molecule has 0 unspecified atom stereocenters. The standard InChI is InChI=1S/C23H22ClFN2O2S/c24-20-7-4-8-22(17-20)30(28,29)27-15-13-26(14-16-27)23(18-5-2-1-3-6-18)19-9-11-21(25)12-10-19/h1-12,17,23H,13-16H2/t23-/m1/s1. The molecule has 0 N–H and O–H groups in total. The van der Waals surface area contributed by atoms with Gasteiger partial charge in [-0.05, 0) is 41.5 Å². The maximum absolute atomic E-state index is 13.5. The predicted octanol–water partition coefficient (Wildman–Crippen LogP) is 4.58. The fourth-order valence-electron chi connectivity index (χ4n) is 3.87. The lowest BCUT2D eigenvalue weighted by Gasteiger charge is -2.39. The Morgan fingerprint density at radius 2 is 1.43 bits per heavy atom. The van der Waals surface area contributed by atoms with E-state index in [1.54, 1.807) is 30.3 Å². The predicted molar refractivity (Wildman–Crippen MR) is 116 cm³/mol. The first kappa shape index (κ1) is 21.0. The van der Waals surface area contributed by atoms with Gasteiger partial charge in [0.05, 0.1) is 10.9 Å². The molecule has 3 aromatic carbocycles. The summed E-state index contributed by atoms with van der Waals surface area (Å²) in [5.74, 6) is -0.275. The van der Waals surface area contributed by atoms with Gasteiger partial charge >= 0.3 is 0 Å². The smallest absolute Gasteiger partial charge is 0.243 e. The van der Waals surface area contributed by atoms with Crippen LogP contribution in [0.25, 0.3) is 0 Å².